The van der Waals surface area contributed by atoms with E-state index in [9.17, 15) is 13.2 Å². The molecule has 2 aliphatic heterocycles. The molecule has 1 aromatic carbocycles. The van der Waals surface area contributed by atoms with Crippen molar-refractivity contribution in [2.75, 3.05) is 40.3 Å². The van der Waals surface area contributed by atoms with Crippen molar-refractivity contribution in [3.8, 4) is 0 Å². The topological polar surface area (TPSA) is 79.0 Å². The number of carbonyl (C=O) groups excluding carboxylic acids is 1. The van der Waals surface area contributed by atoms with Crippen LogP contribution in [0.25, 0.3) is 0 Å². The molecule has 1 aromatic rings. The minimum absolute atomic E-state index is 0.0671. The van der Waals surface area contributed by atoms with Gasteiger partial charge < -0.3 is 14.5 Å². The quantitative estimate of drug-likeness (QED) is 0.786. The number of amides is 1. The fourth-order valence-corrected chi connectivity index (χ4v) is 4.77. The summed E-state index contributed by atoms with van der Waals surface area (Å²) in [6.45, 7) is 2.32. The number of hydrogen-bond donors (Lipinski definition) is 1. The van der Waals surface area contributed by atoms with Gasteiger partial charge >= 0.3 is 0 Å². The molecule has 2 heterocycles. The monoisotopic (exact) mass is 395 g/mol. The minimum Gasteiger partial charge on any atom is -0.377 e. The molecule has 150 valence electrons. The van der Waals surface area contributed by atoms with Crippen molar-refractivity contribution >= 4 is 15.9 Å². The van der Waals surface area contributed by atoms with Gasteiger partial charge in [-0.05, 0) is 58.0 Å². The molecule has 0 spiro atoms. The maximum atomic E-state index is 12.8. The van der Waals surface area contributed by atoms with Crippen LogP contribution < -0.4 is 4.72 Å². The van der Waals surface area contributed by atoms with Crippen LogP contribution >= 0.6 is 0 Å². The van der Waals surface area contributed by atoms with Crippen LogP contribution in [0.4, 0.5) is 0 Å². The van der Waals surface area contributed by atoms with E-state index in [2.05, 4.69) is 23.7 Å². The van der Waals surface area contributed by atoms with Gasteiger partial charge in [-0.2, -0.15) is 0 Å². The second kappa shape index (κ2) is 8.68. The van der Waals surface area contributed by atoms with Crippen molar-refractivity contribution < 1.29 is 17.9 Å². The molecule has 0 aliphatic carbocycles. The fourth-order valence-electron chi connectivity index (χ4n) is 3.66. The van der Waals surface area contributed by atoms with E-state index in [1.807, 2.05) is 4.90 Å². The molecule has 0 saturated carbocycles. The molecule has 3 rings (SSSR count). The van der Waals surface area contributed by atoms with Gasteiger partial charge in [0.1, 0.15) is 0 Å². The van der Waals surface area contributed by atoms with Gasteiger partial charge in [0.05, 0.1) is 11.0 Å². The molecule has 1 atom stereocenters. The maximum Gasteiger partial charge on any atom is 0.253 e. The zero-order chi connectivity index (χ0) is 19.4. The van der Waals surface area contributed by atoms with Crippen LogP contribution in [0.3, 0.4) is 0 Å². The Morgan fingerprint density at radius 2 is 2.00 bits per heavy atom. The van der Waals surface area contributed by atoms with Crippen LogP contribution in [0.5, 0.6) is 0 Å². The lowest BCUT2D eigenvalue weighted by Gasteiger charge is -2.35. The van der Waals surface area contributed by atoms with Gasteiger partial charge in [-0.1, -0.05) is 6.07 Å². The predicted octanol–water partition coefficient (Wildman–Crippen LogP) is 1.31. The largest absolute Gasteiger partial charge is 0.377 e. The number of likely N-dealkylation sites (tertiary alicyclic amines) is 1. The van der Waals surface area contributed by atoms with E-state index in [-0.39, 0.29) is 23.5 Å². The van der Waals surface area contributed by atoms with E-state index in [1.165, 1.54) is 12.1 Å². The molecule has 2 fully saturated rings. The molecule has 2 aliphatic rings. The summed E-state index contributed by atoms with van der Waals surface area (Å²) in [6, 6.07) is 6.79. The Kier molecular flexibility index (Phi) is 6.52. The summed E-state index contributed by atoms with van der Waals surface area (Å²) in [5, 5.41) is 0. The van der Waals surface area contributed by atoms with Crippen molar-refractivity contribution in [3.63, 3.8) is 0 Å². The molecule has 1 N–H and O–H groups in total. The van der Waals surface area contributed by atoms with Gasteiger partial charge in [0.2, 0.25) is 10.0 Å². The molecule has 27 heavy (non-hydrogen) atoms. The number of sulfonamides is 1. The molecule has 0 radical (unpaired) electrons. The molecule has 8 heteroatoms. The normalized spacial score (nSPS) is 21.7. The van der Waals surface area contributed by atoms with Crippen molar-refractivity contribution in [1.82, 2.24) is 14.5 Å². The third kappa shape index (κ3) is 5.07. The van der Waals surface area contributed by atoms with Gasteiger partial charge in [-0.25, -0.2) is 13.1 Å². The lowest BCUT2D eigenvalue weighted by atomic mass is 10.0. The second-order valence-electron chi connectivity index (χ2n) is 7.50. The molecule has 2 saturated heterocycles. The molecule has 0 aromatic heterocycles. The predicted molar refractivity (Wildman–Crippen MR) is 103 cm³/mol. The van der Waals surface area contributed by atoms with Crippen molar-refractivity contribution in [3.05, 3.63) is 29.8 Å². The zero-order valence-electron chi connectivity index (χ0n) is 16.1. The lowest BCUT2D eigenvalue weighted by molar-refractivity contribution is 0.0663. The van der Waals surface area contributed by atoms with Crippen LogP contribution in [0.15, 0.2) is 29.2 Å². The first-order valence-electron chi connectivity index (χ1n) is 9.54. The second-order valence-corrected chi connectivity index (χ2v) is 9.27. The first-order chi connectivity index (χ1) is 12.9. The molecule has 7 nitrogen and oxygen atoms in total. The van der Waals surface area contributed by atoms with Crippen LogP contribution in [0.1, 0.15) is 36.0 Å². The summed E-state index contributed by atoms with van der Waals surface area (Å²) in [6.07, 6.45) is 3.62. The van der Waals surface area contributed by atoms with Crippen molar-refractivity contribution in [2.45, 2.75) is 42.7 Å². The van der Waals surface area contributed by atoms with Crippen molar-refractivity contribution in [1.29, 1.82) is 0 Å². The maximum absolute atomic E-state index is 12.8. The van der Waals surface area contributed by atoms with E-state index in [1.54, 1.807) is 12.1 Å². The number of piperidine rings is 1. The number of carbonyl (C=O) groups is 1. The Balaban J connectivity index is 1.65. The Morgan fingerprint density at radius 3 is 2.63 bits per heavy atom. The third-order valence-corrected chi connectivity index (χ3v) is 6.82. The first-order valence-corrected chi connectivity index (χ1v) is 11.0. The highest BCUT2D eigenvalue weighted by Crippen LogP contribution is 2.19. The minimum atomic E-state index is -3.66. The van der Waals surface area contributed by atoms with Gasteiger partial charge in [0.15, 0.2) is 0 Å². The number of nitrogens with zero attached hydrogens (tertiary/aromatic N) is 2. The van der Waals surface area contributed by atoms with Crippen molar-refractivity contribution in [2.24, 2.45) is 0 Å². The fraction of sp³-hybridized carbons (Fsp3) is 0.632. The highest BCUT2D eigenvalue weighted by molar-refractivity contribution is 7.89. The Hall–Kier alpha value is -1.48. The van der Waals surface area contributed by atoms with E-state index < -0.39 is 10.0 Å². The summed E-state index contributed by atoms with van der Waals surface area (Å²) < 4.78 is 33.2. The molecular formula is C19H29N3O4S. The van der Waals surface area contributed by atoms with E-state index in [0.29, 0.717) is 31.3 Å². The smallest absolute Gasteiger partial charge is 0.253 e. The van der Waals surface area contributed by atoms with E-state index >= 15 is 0 Å². The average Bonchev–Trinajstić information content (AvgIpc) is 3.20. The molecular weight excluding hydrogens is 366 g/mol. The summed E-state index contributed by atoms with van der Waals surface area (Å²) in [5.74, 6) is -0.108. The van der Waals surface area contributed by atoms with Crippen LogP contribution in [-0.2, 0) is 14.8 Å². The zero-order valence-corrected chi connectivity index (χ0v) is 16.9. The summed E-state index contributed by atoms with van der Waals surface area (Å²) in [4.78, 5) is 16.9. The Morgan fingerprint density at radius 1 is 1.26 bits per heavy atom. The highest BCUT2D eigenvalue weighted by Gasteiger charge is 2.26. The lowest BCUT2D eigenvalue weighted by Crippen LogP contribution is -2.44. The van der Waals surface area contributed by atoms with E-state index in [4.69, 9.17) is 4.74 Å². The Labute approximate surface area is 161 Å². The Bertz CT molecular complexity index is 752. The molecule has 0 bridgehead atoms. The van der Waals surface area contributed by atoms with Crippen LogP contribution in [-0.4, -0.2) is 76.6 Å². The van der Waals surface area contributed by atoms with Gasteiger partial charge in [0, 0.05) is 37.8 Å². The van der Waals surface area contributed by atoms with Gasteiger partial charge in [0.25, 0.3) is 5.91 Å². The average molecular weight is 396 g/mol. The standard InChI is InChI=1S/C19H29N3O4S/c1-21(2)16-8-10-22(11-9-16)19(23)15-5-3-7-18(13-15)27(24,25)20-14-17-6-4-12-26-17/h3,5,7,13,16-17,20H,4,6,8-12,14H2,1-2H3. The summed E-state index contributed by atoms with van der Waals surface area (Å²) >= 11 is 0. The number of benzene rings is 1. The molecule has 1 amide bonds. The van der Waals surface area contributed by atoms with Crippen LogP contribution in [0, 0.1) is 0 Å². The first kappa shape index (κ1) is 20.3. The summed E-state index contributed by atoms with van der Waals surface area (Å²) in [7, 11) is 0.449. The highest BCUT2D eigenvalue weighted by atomic mass is 32.2. The third-order valence-electron chi connectivity index (χ3n) is 5.40. The molecule has 1 unspecified atom stereocenters. The SMILES string of the molecule is CN(C)C1CCN(C(=O)c2cccc(S(=O)(=O)NCC3CCCO3)c2)CC1. The number of hydrogen-bond acceptors (Lipinski definition) is 5. The summed E-state index contributed by atoms with van der Waals surface area (Å²) in [5.41, 5.74) is 0.415. The number of rotatable bonds is 6. The van der Waals surface area contributed by atoms with Crippen LogP contribution in [0.2, 0.25) is 0 Å². The van der Waals surface area contributed by atoms with Gasteiger partial charge in [-0.15, -0.1) is 0 Å². The number of nitrogens with one attached hydrogen (secondary N) is 1. The van der Waals surface area contributed by atoms with Gasteiger partial charge in [-0.3, -0.25) is 4.79 Å². The van der Waals surface area contributed by atoms with E-state index in [0.717, 1.165) is 25.7 Å². The number of ether oxygens (including phenoxy) is 1.